The number of nitrogens with zero attached hydrogens (tertiary/aromatic N) is 3. The van der Waals surface area contributed by atoms with Crippen LogP contribution in [0.3, 0.4) is 0 Å². The van der Waals surface area contributed by atoms with Crippen LogP contribution in [0.25, 0.3) is 0 Å². The summed E-state index contributed by atoms with van der Waals surface area (Å²) in [5.74, 6) is -6.03. The minimum absolute atomic E-state index is 0.00372. The van der Waals surface area contributed by atoms with Crippen molar-refractivity contribution in [3.63, 3.8) is 0 Å². The van der Waals surface area contributed by atoms with Crippen LogP contribution < -0.4 is 4.74 Å². The summed E-state index contributed by atoms with van der Waals surface area (Å²) in [6, 6.07) is 5.51. The van der Waals surface area contributed by atoms with Gasteiger partial charge in [0.05, 0.1) is 30.0 Å². The van der Waals surface area contributed by atoms with E-state index in [2.05, 4.69) is 5.10 Å². The summed E-state index contributed by atoms with van der Waals surface area (Å²) >= 11 is 0. The molecule has 0 saturated carbocycles. The Morgan fingerprint density at radius 3 is 2.57 bits per heavy atom. The number of rotatable bonds is 6. The van der Waals surface area contributed by atoms with Crippen LogP contribution in [0.15, 0.2) is 36.7 Å². The SMILES string of the molecule is CCOc1ccccc1C(F)(F)C(=O)N1CCC(n2cc(C(=O)O)cn2)CC1. The fourth-order valence-electron chi connectivity index (χ4n) is 3.30. The summed E-state index contributed by atoms with van der Waals surface area (Å²) in [5.41, 5.74) is -0.375. The number of carboxylic acid groups (broad SMARTS) is 1. The summed E-state index contributed by atoms with van der Waals surface area (Å²) in [6.45, 7) is 2.18. The lowest BCUT2D eigenvalue weighted by atomic mass is 10.0. The molecule has 1 aromatic heterocycles. The van der Waals surface area contributed by atoms with Crippen molar-refractivity contribution in [2.24, 2.45) is 0 Å². The lowest BCUT2D eigenvalue weighted by molar-refractivity contribution is -0.160. The lowest BCUT2D eigenvalue weighted by Gasteiger charge is -2.34. The summed E-state index contributed by atoms with van der Waals surface area (Å²) in [5, 5.41) is 13.0. The highest BCUT2D eigenvalue weighted by Crippen LogP contribution is 2.37. The van der Waals surface area contributed by atoms with Crippen molar-refractivity contribution in [1.82, 2.24) is 14.7 Å². The Hall–Kier alpha value is -2.97. The monoisotopic (exact) mass is 393 g/mol. The van der Waals surface area contributed by atoms with E-state index in [-0.39, 0.29) is 37.1 Å². The molecule has 3 rings (SSSR count). The van der Waals surface area contributed by atoms with E-state index in [1.165, 1.54) is 35.3 Å². The van der Waals surface area contributed by atoms with Crippen LogP contribution in [0.5, 0.6) is 5.75 Å². The molecule has 0 bridgehead atoms. The molecule has 0 unspecified atom stereocenters. The lowest BCUT2D eigenvalue weighted by Crippen LogP contribution is -2.46. The van der Waals surface area contributed by atoms with Crippen LogP contribution in [-0.4, -0.2) is 51.4 Å². The molecule has 1 amide bonds. The molecule has 1 fully saturated rings. The third-order valence-electron chi connectivity index (χ3n) is 4.77. The Kier molecular flexibility index (Phi) is 5.62. The van der Waals surface area contributed by atoms with E-state index >= 15 is 0 Å². The van der Waals surface area contributed by atoms with Gasteiger partial charge in [-0.15, -0.1) is 0 Å². The minimum atomic E-state index is -3.69. The van der Waals surface area contributed by atoms with E-state index in [4.69, 9.17) is 9.84 Å². The van der Waals surface area contributed by atoms with Crippen LogP contribution in [0.1, 0.15) is 41.7 Å². The second-order valence-electron chi connectivity index (χ2n) is 6.54. The Balaban J connectivity index is 1.69. The van der Waals surface area contributed by atoms with Gasteiger partial charge in [-0.25, -0.2) is 4.79 Å². The maximum atomic E-state index is 14.9. The van der Waals surface area contributed by atoms with Crippen molar-refractivity contribution in [1.29, 1.82) is 0 Å². The first-order valence-corrected chi connectivity index (χ1v) is 9.01. The molecule has 28 heavy (non-hydrogen) atoms. The molecule has 2 aromatic rings. The third kappa shape index (κ3) is 3.83. The van der Waals surface area contributed by atoms with E-state index < -0.39 is 23.4 Å². The van der Waals surface area contributed by atoms with Crippen LogP contribution in [0.2, 0.25) is 0 Å². The molecule has 150 valence electrons. The molecule has 1 saturated heterocycles. The number of halogens is 2. The topological polar surface area (TPSA) is 84.7 Å². The second-order valence-corrected chi connectivity index (χ2v) is 6.54. The van der Waals surface area contributed by atoms with E-state index in [0.717, 1.165) is 4.90 Å². The van der Waals surface area contributed by atoms with Gasteiger partial charge in [0.2, 0.25) is 0 Å². The van der Waals surface area contributed by atoms with Crippen LogP contribution >= 0.6 is 0 Å². The van der Waals surface area contributed by atoms with Crippen LogP contribution in [0.4, 0.5) is 8.78 Å². The van der Waals surface area contributed by atoms with Crippen molar-refractivity contribution in [3.05, 3.63) is 47.8 Å². The molecule has 0 spiro atoms. The Labute approximate surface area is 160 Å². The normalized spacial score (nSPS) is 15.5. The first-order chi connectivity index (χ1) is 13.3. The van der Waals surface area contributed by atoms with E-state index in [1.54, 1.807) is 13.0 Å². The number of amides is 1. The largest absolute Gasteiger partial charge is 0.493 e. The number of alkyl halides is 2. The number of ether oxygens (including phenoxy) is 1. The Morgan fingerprint density at radius 1 is 1.29 bits per heavy atom. The molecule has 9 heteroatoms. The number of para-hydroxylation sites is 1. The maximum Gasteiger partial charge on any atom is 0.353 e. The number of carboxylic acids is 1. The van der Waals surface area contributed by atoms with Crippen molar-refractivity contribution >= 4 is 11.9 Å². The minimum Gasteiger partial charge on any atom is -0.493 e. The van der Waals surface area contributed by atoms with Crippen molar-refractivity contribution in [2.45, 2.75) is 31.7 Å². The van der Waals surface area contributed by atoms with Gasteiger partial charge in [0.15, 0.2) is 0 Å². The third-order valence-corrected chi connectivity index (χ3v) is 4.77. The highest BCUT2D eigenvalue weighted by Gasteiger charge is 2.46. The van der Waals surface area contributed by atoms with Crippen molar-refractivity contribution in [2.75, 3.05) is 19.7 Å². The molecule has 1 aliphatic rings. The molecule has 0 aliphatic carbocycles. The number of benzene rings is 1. The molecule has 1 N–H and O–H groups in total. The van der Waals surface area contributed by atoms with Gasteiger partial charge in [0.1, 0.15) is 5.75 Å². The zero-order valence-electron chi connectivity index (χ0n) is 15.3. The fraction of sp³-hybridized carbons (Fsp3) is 0.421. The fourth-order valence-corrected chi connectivity index (χ4v) is 3.30. The van der Waals surface area contributed by atoms with Gasteiger partial charge in [-0.3, -0.25) is 9.48 Å². The molecule has 0 atom stereocenters. The molecule has 1 aliphatic heterocycles. The summed E-state index contributed by atoms with van der Waals surface area (Å²) in [6.07, 6.45) is 3.49. The van der Waals surface area contributed by atoms with Crippen molar-refractivity contribution < 1.29 is 28.2 Å². The highest BCUT2D eigenvalue weighted by atomic mass is 19.3. The zero-order chi connectivity index (χ0) is 20.3. The predicted octanol–water partition coefficient (Wildman–Crippen LogP) is 2.94. The average molecular weight is 393 g/mol. The predicted molar refractivity (Wildman–Crippen MR) is 95.5 cm³/mol. The van der Waals surface area contributed by atoms with Crippen LogP contribution in [-0.2, 0) is 10.7 Å². The summed E-state index contributed by atoms with van der Waals surface area (Å²) < 4.78 is 36.5. The van der Waals surface area contributed by atoms with E-state index in [9.17, 15) is 18.4 Å². The highest BCUT2D eigenvalue weighted by molar-refractivity contribution is 5.87. The Morgan fingerprint density at radius 2 is 1.96 bits per heavy atom. The number of carbonyl (C=O) groups is 2. The molecular weight excluding hydrogens is 372 g/mol. The number of hydrogen-bond donors (Lipinski definition) is 1. The number of likely N-dealkylation sites (tertiary alicyclic amines) is 1. The maximum absolute atomic E-state index is 14.9. The van der Waals surface area contributed by atoms with Gasteiger partial charge in [-0.05, 0) is 31.9 Å². The summed E-state index contributed by atoms with van der Waals surface area (Å²) in [7, 11) is 0. The quantitative estimate of drug-likeness (QED) is 0.816. The molecule has 2 heterocycles. The van der Waals surface area contributed by atoms with Gasteiger partial charge >= 0.3 is 11.9 Å². The van der Waals surface area contributed by atoms with Gasteiger partial charge in [-0.2, -0.15) is 13.9 Å². The number of piperidine rings is 1. The Bertz CT molecular complexity index is 860. The molecule has 7 nitrogen and oxygen atoms in total. The van der Waals surface area contributed by atoms with E-state index in [1.807, 2.05) is 0 Å². The van der Waals surface area contributed by atoms with E-state index in [0.29, 0.717) is 12.8 Å². The molecule has 1 aromatic carbocycles. The average Bonchev–Trinajstić information content (AvgIpc) is 3.19. The van der Waals surface area contributed by atoms with Gasteiger partial charge in [0.25, 0.3) is 5.91 Å². The zero-order valence-corrected chi connectivity index (χ0v) is 15.3. The number of aromatic nitrogens is 2. The van der Waals surface area contributed by atoms with Crippen LogP contribution in [0, 0.1) is 0 Å². The molecular formula is C19H21F2N3O4. The number of aromatic carboxylic acids is 1. The number of carbonyl (C=O) groups excluding carboxylic acids is 1. The first-order valence-electron chi connectivity index (χ1n) is 9.01. The van der Waals surface area contributed by atoms with Gasteiger partial charge in [0, 0.05) is 19.3 Å². The smallest absolute Gasteiger partial charge is 0.353 e. The van der Waals surface area contributed by atoms with Gasteiger partial charge < -0.3 is 14.7 Å². The molecule has 0 radical (unpaired) electrons. The summed E-state index contributed by atoms with van der Waals surface area (Å²) in [4.78, 5) is 24.6. The number of hydrogen-bond acceptors (Lipinski definition) is 4. The van der Waals surface area contributed by atoms with Gasteiger partial charge in [-0.1, -0.05) is 12.1 Å². The second kappa shape index (κ2) is 7.95. The van der Waals surface area contributed by atoms with Crippen molar-refractivity contribution in [3.8, 4) is 5.75 Å². The standard InChI is InChI=1S/C19H21F2N3O4/c1-2-28-16-6-4-3-5-15(16)19(20,21)18(27)23-9-7-14(8-10-23)24-12-13(11-22-24)17(25)26/h3-6,11-12,14H,2,7-10H2,1H3,(H,25,26). The first kappa shape index (κ1) is 19.8.